The number of hydrogen-bond donors (Lipinski definition) is 3. The molecule has 0 aromatic rings. The lowest BCUT2D eigenvalue weighted by molar-refractivity contribution is -0.161. The van der Waals surface area contributed by atoms with Crippen LogP contribution < -0.4 is 0 Å². The van der Waals surface area contributed by atoms with E-state index in [2.05, 4.69) is 48.5 Å². The summed E-state index contributed by atoms with van der Waals surface area (Å²) in [4.78, 5) is 73.2. The van der Waals surface area contributed by atoms with Crippen molar-refractivity contribution in [1.82, 2.24) is 0 Å². The van der Waals surface area contributed by atoms with Crippen LogP contribution in [-0.4, -0.2) is 96.7 Å². The summed E-state index contributed by atoms with van der Waals surface area (Å²) in [7, 11) is -9.93. The maximum Gasteiger partial charge on any atom is 0.472 e. The molecule has 5 atom stereocenters. The van der Waals surface area contributed by atoms with Crippen LogP contribution in [0.25, 0.3) is 0 Å². The van der Waals surface area contributed by atoms with E-state index in [-0.39, 0.29) is 25.7 Å². The summed E-state index contributed by atoms with van der Waals surface area (Å²) in [5, 5.41) is 10.7. The minimum Gasteiger partial charge on any atom is -0.462 e. The smallest absolute Gasteiger partial charge is 0.462 e. The Kier molecular flexibility index (Phi) is 72.8. The van der Waals surface area contributed by atoms with Gasteiger partial charge in [-0.1, -0.05) is 389 Å². The summed E-state index contributed by atoms with van der Waals surface area (Å²) in [6, 6.07) is 0. The summed E-state index contributed by atoms with van der Waals surface area (Å²) < 4.78 is 68.9. The van der Waals surface area contributed by atoms with Crippen molar-refractivity contribution < 1.29 is 80.2 Å². The van der Waals surface area contributed by atoms with Gasteiger partial charge in [0.15, 0.2) is 12.2 Å². The number of rotatable bonds is 82. The highest BCUT2D eigenvalue weighted by molar-refractivity contribution is 7.47. The maximum atomic E-state index is 13.1. The number of carbonyl (C=O) groups excluding carboxylic acids is 4. The molecule has 612 valence electrons. The van der Waals surface area contributed by atoms with Crippen LogP contribution in [0, 0.1) is 17.8 Å². The molecule has 0 aromatic heterocycles. The van der Waals surface area contributed by atoms with Crippen LogP contribution >= 0.6 is 15.6 Å². The van der Waals surface area contributed by atoms with Gasteiger partial charge in [0.2, 0.25) is 0 Å². The second kappa shape index (κ2) is 74.2. The standard InChI is InChI=1S/C84H164O17P2/c1-8-9-10-11-12-13-14-15-18-26-31-38-46-53-60-67-83(88)101-80(72-95-82(87)66-59-52-45-40-33-36-43-50-57-64-77(6)7)74-99-103(92,93)97-70-78(85)69-96-102(90,91)98-73-79(100-84(89)68-61-54-47-39-32-27-22-17-20-24-29-35-42-49-56-63-76(4)5)71-94-81(86)65-58-51-44-37-30-25-21-16-19-23-28-34-41-48-55-62-75(2)3/h75-80,85H,8-74H2,1-7H3,(H,90,91)(H,92,93)/t78-,79-,80-/m1/s1. The van der Waals surface area contributed by atoms with Gasteiger partial charge in [0.25, 0.3) is 0 Å². The molecule has 0 fully saturated rings. The van der Waals surface area contributed by atoms with Crippen LogP contribution in [0.3, 0.4) is 0 Å². The summed E-state index contributed by atoms with van der Waals surface area (Å²) in [6.07, 6.45) is 63.7. The second-order valence-electron chi connectivity index (χ2n) is 31.6. The molecular weight excluding hydrogens is 1340 g/mol. The zero-order chi connectivity index (χ0) is 75.8. The first-order valence-electron chi connectivity index (χ1n) is 43.3. The highest BCUT2D eigenvalue weighted by Crippen LogP contribution is 2.45. The third-order valence-corrected chi connectivity index (χ3v) is 21.5. The van der Waals surface area contributed by atoms with E-state index in [9.17, 15) is 43.2 Å². The summed E-state index contributed by atoms with van der Waals surface area (Å²) in [5.41, 5.74) is 0. The van der Waals surface area contributed by atoms with Gasteiger partial charge in [-0.2, -0.15) is 0 Å². The Morgan fingerprint density at radius 1 is 0.262 bits per heavy atom. The molecule has 0 aliphatic rings. The van der Waals surface area contributed by atoms with Crippen molar-refractivity contribution in [3.8, 4) is 0 Å². The maximum absolute atomic E-state index is 13.1. The van der Waals surface area contributed by atoms with Crippen LogP contribution in [0.5, 0.6) is 0 Å². The van der Waals surface area contributed by atoms with E-state index >= 15 is 0 Å². The number of esters is 4. The number of phosphoric acid groups is 2. The third kappa shape index (κ3) is 78.0. The van der Waals surface area contributed by atoms with Gasteiger partial charge in [0.05, 0.1) is 26.4 Å². The molecular formula is C84H164O17P2. The molecule has 2 unspecified atom stereocenters. The molecule has 0 aromatic carbocycles. The molecule has 0 heterocycles. The fraction of sp³-hybridized carbons (Fsp3) is 0.952. The van der Waals surface area contributed by atoms with Gasteiger partial charge >= 0.3 is 39.5 Å². The van der Waals surface area contributed by atoms with E-state index in [0.29, 0.717) is 25.7 Å². The Bertz CT molecular complexity index is 1990. The first-order valence-corrected chi connectivity index (χ1v) is 46.3. The molecule has 0 rings (SSSR count). The quantitative estimate of drug-likeness (QED) is 0.0222. The van der Waals surface area contributed by atoms with Crippen molar-refractivity contribution in [2.24, 2.45) is 17.8 Å². The minimum atomic E-state index is -4.96. The van der Waals surface area contributed by atoms with Gasteiger partial charge in [-0.25, -0.2) is 9.13 Å². The van der Waals surface area contributed by atoms with Gasteiger partial charge in [-0.15, -0.1) is 0 Å². The van der Waals surface area contributed by atoms with Gasteiger partial charge < -0.3 is 33.8 Å². The topological polar surface area (TPSA) is 237 Å². The second-order valence-corrected chi connectivity index (χ2v) is 34.6. The molecule has 0 radical (unpaired) electrons. The van der Waals surface area contributed by atoms with Gasteiger partial charge in [-0.05, 0) is 43.4 Å². The highest BCUT2D eigenvalue weighted by atomic mass is 31.2. The predicted octanol–water partition coefficient (Wildman–Crippen LogP) is 25.3. The number of aliphatic hydroxyl groups is 1. The van der Waals surface area contributed by atoms with Crippen LogP contribution in [-0.2, 0) is 65.4 Å². The van der Waals surface area contributed by atoms with Crippen LogP contribution in [0.2, 0.25) is 0 Å². The van der Waals surface area contributed by atoms with Gasteiger partial charge in [-0.3, -0.25) is 37.3 Å². The van der Waals surface area contributed by atoms with E-state index in [4.69, 9.17) is 37.0 Å². The Hall–Kier alpha value is -1.94. The zero-order valence-electron chi connectivity index (χ0n) is 67.8. The van der Waals surface area contributed by atoms with Crippen molar-refractivity contribution in [1.29, 1.82) is 0 Å². The zero-order valence-corrected chi connectivity index (χ0v) is 69.6. The average Bonchev–Trinajstić information content (AvgIpc) is 0.907. The van der Waals surface area contributed by atoms with Crippen molar-refractivity contribution in [2.75, 3.05) is 39.6 Å². The fourth-order valence-electron chi connectivity index (χ4n) is 13.0. The summed E-state index contributed by atoms with van der Waals surface area (Å²) >= 11 is 0. The molecule has 0 saturated carbocycles. The lowest BCUT2D eigenvalue weighted by Gasteiger charge is -2.21. The lowest BCUT2D eigenvalue weighted by atomic mass is 10.0. The average molecular weight is 1510 g/mol. The number of aliphatic hydroxyl groups excluding tert-OH is 1. The largest absolute Gasteiger partial charge is 0.472 e. The van der Waals surface area contributed by atoms with Crippen molar-refractivity contribution in [2.45, 2.75) is 458 Å². The molecule has 19 heteroatoms. The van der Waals surface area contributed by atoms with Crippen LogP contribution in [0.15, 0.2) is 0 Å². The highest BCUT2D eigenvalue weighted by Gasteiger charge is 2.30. The molecule has 0 aliphatic carbocycles. The van der Waals surface area contributed by atoms with E-state index in [1.807, 2.05) is 0 Å². The molecule has 17 nitrogen and oxygen atoms in total. The van der Waals surface area contributed by atoms with E-state index in [0.717, 1.165) is 108 Å². The van der Waals surface area contributed by atoms with Gasteiger partial charge in [0, 0.05) is 25.7 Å². The fourth-order valence-corrected chi connectivity index (χ4v) is 14.6. The molecule has 0 bridgehead atoms. The monoisotopic (exact) mass is 1510 g/mol. The van der Waals surface area contributed by atoms with Crippen LogP contribution in [0.1, 0.15) is 440 Å². The Morgan fingerprint density at radius 3 is 0.660 bits per heavy atom. The number of unbranched alkanes of at least 4 members (excludes halogenated alkanes) is 50. The summed E-state index contributed by atoms with van der Waals surface area (Å²) in [6.45, 7) is 12.0. The van der Waals surface area contributed by atoms with E-state index < -0.39 is 97.5 Å². The first-order chi connectivity index (χ1) is 49.7. The molecule has 3 N–H and O–H groups in total. The first kappa shape index (κ1) is 101. The molecule has 0 spiro atoms. The Balaban J connectivity index is 5.26. The van der Waals surface area contributed by atoms with Crippen molar-refractivity contribution in [3.63, 3.8) is 0 Å². The van der Waals surface area contributed by atoms with E-state index in [1.165, 1.54) is 250 Å². The number of carbonyl (C=O) groups is 4. The number of hydrogen-bond acceptors (Lipinski definition) is 15. The molecule has 0 saturated heterocycles. The number of ether oxygens (including phenoxy) is 4. The SMILES string of the molecule is CCCCCCCCCCCCCCCCCC(=O)O[C@H](COC(=O)CCCCCCCCCCCC(C)C)COP(=O)(O)OC[C@H](O)COP(=O)(O)OC[C@@H](COC(=O)CCCCCCCCCCCCCCCCCC(C)C)OC(=O)CCCCCCCCCCCCCCCCCC(C)C. The van der Waals surface area contributed by atoms with Crippen molar-refractivity contribution >= 4 is 39.5 Å². The minimum absolute atomic E-state index is 0.108. The molecule has 0 amide bonds. The summed E-state index contributed by atoms with van der Waals surface area (Å²) in [5.74, 6) is 0.248. The Labute approximate surface area is 632 Å². The number of phosphoric ester groups is 2. The molecule has 103 heavy (non-hydrogen) atoms. The molecule has 0 aliphatic heterocycles. The van der Waals surface area contributed by atoms with E-state index in [1.54, 1.807) is 0 Å². The predicted molar refractivity (Wildman–Crippen MR) is 423 cm³/mol. The van der Waals surface area contributed by atoms with Crippen LogP contribution in [0.4, 0.5) is 0 Å². The third-order valence-electron chi connectivity index (χ3n) is 19.6. The van der Waals surface area contributed by atoms with Crippen molar-refractivity contribution in [3.05, 3.63) is 0 Å². The van der Waals surface area contributed by atoms with Gasteiger partial charge in [0.1, 0.15) is 19.3 Å². The Morgan fingerprint density at radius 2 is 0.447 bits per heavy atom. The lowest BCUT2D eigenvalue weighted by Crippen LogP contribution is -2.30. The normalized spacial score (nSPS) is 13.9.